The van der Waals surface area contributed by atoms with Crippen LogP contribution in [0, 0.1) is 6.92 Å². The van der Waals surface area contributed by atoms with Crippen molar-refractivity contribution < 1.29 is 28.3 Å². The van der Waals surface area contributed by atoms with Crippen LogP contribution in [0.3, 0.4) is 0 Å². The van der Waals surface area contributed by atoms with Crippen LogP contribution in [0.1, 0.15) is 29.9 Å². The number of aryl methyl sites for hydroxylation is 1. The predicted octanol–water partition coefficient (Wildman–Crippen LogP) is 2.58. The van der Waals surface area contributed by atoms with Crippen LogP contribution in [0.25, 0.3) is 0 Å². The molecule has 0 saturated carbocycles. The fraction of sp³-hybridized carbons (Fsp3) is 0.353. The summed E-state index contributed by atoms with van der Waals surface area (Å²) in [6, 6.07) is 6.88. The molecule has 0 aliphatic carbocycles. The number of amides is 1. The zero-order chi connectivity index (χ0) is 18.2. The molecule has 1 aromatic carbocycles. The summed E-state index contributed by atoms with van der Waals surface area (Å²) >= 11 is 0. The van der Waals surface area contributed by atoms with Crippen molar-refractivity contribution in [1.82, 2.24) is 5.16 Å². The Bertz CT molecular complexity index is 723. The van der Waals surface area contributed by atoms with Gasteiger partial charge in [-0.15, -0.1) is 0 Å². The molecule has 1 N–H and O–H groups in total. The van der Waals surface area contributed by atoms with E-state index in [4.69, 9.17) is 18.7 Å². The maximum absolute atomic E-state index is 12.0. The third-order valence-corrected chi connectivity index (χ3v) is 3.10. The Labute approximate surface area is 145 Å². The molecule has 25 heavy (non-hydrogen) atoms. The van der Waals surface area contributed by atoms with Crippen LogP contribution in [0.2, 0.25) is 0 Å². The number of hydrogen-bond acceptors (Lipinski definition) is 7. The van der Waals surface area contributed by atoms with E-state index in [1.54, 1.807) is 38.1 Å². The number of nitrogens with zero attached hydrogens (tertiary/aromatic N) is 1. The van der Waals surface area contributed by atoms with E-state index in [0.29, 0.717) is 18.1 Å². The van der Waals surface area contributed by atoms with Crippen LogP contribution in [-0.2, 0) is 9.53 Å². The van der Waals surface area contributed by atoms with Gasteiger partial charge in [0.1, 0.15) is 17.1 Å². The van der Waals surface area contributed by atoms with Crippen molar-refractivity contribution in [3.05, 3.63) is 35.5 Å². The van der Waals surface area contributed by atoms with E-state index >= 15 is 0 Å². The number of hydrogen-bond donors (Lipinski definition) is 1. The number of carbonyl (C=O) groups is 2. The smallest absolute Gasteiger partial charge is 0.345 e. The predicted molar refractivity (Wildman–Crippen MR) is 88.9 cm³/mol. The van der Waals surface area contributed by atoms with Crippen molar-refractivity contribution in [1.29, 1.82) is 0 Å². The standard InChI is InChI=1S/C17H20N2O6/c1-4-22-12-6-8-13(9-7-12)24-10-14(20)18-16-15(11(3)19-25-16)17(21)23-5-2/h6-9H,4-5,10H2,1-3H3,(H,18,20). The van der Waals surface area contributed by atoms with Gasteiger partial charge in [0.05, 0.1) is 18.9 Å². The number of anilines is 1. The lowest BCUT2D eigenvalue weighted by molar-refractivity contribution is -0.118. The molecule has 2 aromatic rings. The molecule has 1 amide bonds. The first-order valence-corrected chi connectivity index (χ1v) is 7.84. The first kappa shape index (κ1) is 18.3. The second-order valence-corrected chi connectivity index (χ2v) is 4.93. The van der Waals surface area contributed by atoms with Gasteiger partial charge >= 0.3 is 5.97 Å². The molecule has 0 spiro atoms. The highest BCUT2D eigenvalue weighted by molar-refractivity contribution is 6.00. The summed E-state index contributed by atoms with van der Waals surface area (Å²) < 4.78 is 20.6. The van der Waals surface area contributed by atoms with Crippen LogP contribution >= 0.6 is 0 Å². The van der Waals surface area contributed by atoms with Crippen molar-refractivity contribution in [3.63, 3.8) is 0 Å². The highest BCUT2D eigenvalue weighted by Gasteiger charge is 2.23. The van der Waals surface area contributed by atoms with E-state index in [-0.39, 0.29) is 24.7 Å². The molecule has 0 saturated heterocycles. The van der Waals surface area contributed by atoms with Crippen molar-refractivity contribution in [2.24, 2.45) is 0 Å². The molecular formula is C17H20N2O6. The summed E-state index contributed by atoms with van der Waals surface area (Å²) in [5, 5.41) is 6.13. The van der Waals surface area contributed by atoms with Gasteiger partial charge in [-0.05, 0) is 45.0 Å². The minimum absolute atomic E-state index is 0.0590. The summed E-state index contributed by atoms with van der Waals surface area (Å²) in [4.78, 5) is 23.9. The summed E-state index contributed by atoms with van der Waals surface area (Å²) in [7, 11) is 0. The van der Waals surface area contributed by atoms with Gasteiger partial charge in [-0.1, -0.05) is 5.16 Å². The van der Waals surface area contributed by atoms with Gasteiger partial charge in [-0.25, -0.2) is 4.79 Å². The zero-order valence-electron chi connectivity index (χ0n) is 14.3. The highest BCUT2D eigenvalue weighted by atomic mass is 16.5. The van der Waals surface area contributed by atoms with Crippen LogP contribution < -0.4 is 14.8 Å². The number of ether oxygens (including phenoxy) is 3. The average molecular weight is 348 g/mol. The molecule has 0 fully saturated rings. The minimum Gasteiger partial charge on any atom is -0.494 e. The quantitative estimate of drug-likeness (QED) is 0.732. The normalized spacial score (nSPS) is 10.2. The summed E-state index contributed by atoms with van der Waals surface area (Å²) in [6.07, 6.45) is 0. The maximum atomic E-state index is 12.0. The number of benzene rings is 1. The Morgan fingerprint density at radius 3 is 2.32 bits per heavy atom. The molecule has 0 radical (unpaired) electrons. The van der Waals surface area contributed by atoms with Crippen LogP contribution in [0.15, 0.2) is 28.8 Å². The topological polar surface area (TPSA) is 99.9 Å². The average Bonchev–Trinajstić information content (AvgIpc) is 2.95. The van der Waals surface area contributed by atoms with Gasteiger partial charge in [-0.2, -0.15) is 0 Å². The lowest BCUT2D eigenvalue weighted by Crippen LogP contribution is -2.21. The SMILES string of the molecule is CCOC(=O)c1c(C)noc1NC(=O)COc1ccc(OCC)cc1. The lowest BCUT2D eigenvalue weighted by atomic mass is 10.2. The van der Waals surface area contributed by atoms with Gasteiger partial charge in [0.25, 0.3) is 5.91 Å². The second-order valence-electron chi connectivity index (χ2n) is 4.93. The number of rotatable bonds is 8. The molecule has 0 atom stereocenters. The summed E-state index contributed by atoms with van der Waals surface area (Å²) in [5.41, 5.74) is 0.428. The number of esters is 1. The summed E-state index contributed by atoms with van der Waals surface area (Å²) in [6.45, 7) is 5.69. The van der Waals surface area contributed by atoms with E-state index in [2.05, 4.69) is 10.5 Å². The third kappa shape index (κ3) is 4.97. The number of aromatic nitrogens is 1. The van der Waals surface area contributed by atoms with Crippen molar-refractivity contribution in [2.45, 2.75) is 20.8 Å². The van der Waals surface area contributed by atoms with Crippen LogP contribution in [-0.4, -0.2) is 36.9 Å². The van der Waals surface area contributed by atoms with E-state index in [1.165, 1.54) is 0 Å². The van der Waals surface area contributed by atoms with Gasteiger partial charge in [0.15, 0.2) is 6.61 Å². The molecule has 8 nitrogen and oxygen atoms in total. The van der Waals surface area contributed by atoms with Gasteiger partial charge < -0.3 is 18.7 Å². The van der Waals surface area contributed by atoms with Crippen molar-refractivity contribution >= 4 is 17.8 Å². The Morgan fingerprint density at radius 1 is 1.08 bits per heavy atom. The molecule has 1 heterocycles. The fourth-order valence-corrected chi connectivity index (χ4v) is 2.01. The second kappa shape index (κ2) is 8.72. The monoisotopic (exact) mass is 348 g/mol. The molecule has 0 aliphatic rings. The van der Waals surface area contributed by atoms with E-state index in [0.717, 1.165) is 5.75 Å². The summed E-state index contributed by atoms with van der Waals surface area (Å²) in [5.74, 6) is 0.0734. The largest absolute Gasteiger partial charge is 0.494 e. The number of carbonyl (C=O) groups excluding carboxylic acids is 2. The van der Waals surface area contributed by atoms with E-state index in [9.17, 15) is 9.59 Å². The van der Waals surface area contributed by atoms with E-state index in [1.807, 2.05) is 6.92 Å². The lowest BCUT2D eigenvalue weighted by Gasteiger charge is -2.08. The van der Waals surface area contributed by atoms with Gasteiger partial charge in [0.2, 0.25) is 5.88 Å². The first-order valence-electron chi connectivity index (χ1n) is 7.84. The van der Waals surface area contributed by atoms with Crippen molar-refractivity contribution in [2.75, 3.05) is 25.1 Å². The maximum Gasteiger partial charge on any atom is 0.345 e. The van der Waals surface area contributed by atoms with Crippen LogP contribution in [0.4, 0.5) is 5.88 Å². The molecule has 8 heteroatoms. The number of nitrogens with one attached hydrogen (secondary N) is 1. The van der Waals surface area contributed by atoms with Gasteiger partial charge in [-0.3, -0.25) is 10.1 Å². The van der Waals surface area contributed by atoms with E-state index < -0.39 is 11.9 Å². The Balaban J connectivity index is 1.93. The Morgan fingerprint density at radius 2 is 1.72 bits per heavy atom. The third-order valence-electron chi connectivity index (χ3n) is 3.10. The molecule has 2 rings (SSSR count). The highest BCUT2D eigenvalue weighted by Crippen LogP contribution is 2.21. The Hall–Kier alpha value is -3.03. The molecule has 134 valence electrons. The zero-order valence-corrected chi connectivity index (χ0v) is 14.3. The molecule has 0 aliphatic heterocycles. The molecular weight excluding hydrogens is 328 g/mol. The van der Waals surface area contributed by atoms with Crippen molar-refractivity contribution in [3.8, 4) is 11.5 Å². The van der Waals surface area contributed by atoms with Gasteiger partial charge in [0, 0.05) is 0 Å². The molecule has 0 bridgehead atoms. The first-order chi connectivity index (χ1) is 12.0. The minimum atomic E-state index is -0.607. The Kier molecular flexibility index (Phi) is 6.39. The van der Waals surface area contributed by atoms with Crippen LogP contribution in [0.5, 0.6) is 11.5 Å². The molecule has 1 aromatic heterocycles. The fourth-order valence-electron chi connectivity index (χ4n) is 2.01. The molecule has 0 unspecified atom stereocenters.